The molecule has 0 aliphatic heterocycles. The minimum atomic E-state index is -0.807. The fourth-order valence-corrected chi connectivity index (χ4v) is 2.33. The van der Waals surface area contributed by atoms with Crippen molar-refractivity contribution in [3.8, 4) is 0 Å². The Balaban J connectivity index is 2.37. The van der Waals surface area contributed by atoms with Gasteiger partial charge >= 0.3 is 5.97 Å². The predicted octanol–water partition coefficient (Wildman–Crippen LogP) is 1.62. The van der Waals surface area contributed by atoms with E-state index in [1.165, 1.54) is 0 Å². The van der Waals surface area contributed by atoms with Gasteiger partial charge in [0.1, 0.15) is 6.29 Å². The number of carbonyl (C=O) groups excluding carboxylic acids is 1. The molecule has 2 atom stereocenters. The Hall–Kier alpha value is -1.64. The summed E-state index contributed by atoms with van der Waals surface area (Å²) >= 11 is 0. The molecule has 0 saturated heterocycles. The normalized spacial score (nSPS) is 23.5. The van der Waals surface area contributed by atoms with Crippen molar-refractivity contribution in [3.63, 3.8) is 0 Å². The summed E-state index contributed by atoms with van der Waals surface area (Å²) in [7, 11) is 0. The van der Waals surface area contributed by atoms with E-state index in [9.17, 15) is 9.59 Å². The molecule has 3 nitrogen and oxygen atoms in total. The molecule has 0 fully saturated rings. The molecule has 1 aromatic rings. The van der Waals surface area contributed by atoms with Gasteiger partial charge in [0, 0.05) is 12.3 Å². The number of carboxylic acid groups (broad SMARTS) is 1. The average molecular weight is 204 g/mol. The van der Waals surface area contributed by atoms with Crippen LogP contribution in [0.4, 0.5) is 0 Å². The summed E-state index contributed by atoms with van der Waals surface area (Å²) < 4.78 is 0. The van der Waals surface area contributed by atoms with Crippen molar-refractivity contribution in [2.45, 2.75) is 18.8 Å². The number of fused-ring (bicyclic) bond motifs is 1. The zero-order valence-corrected chi connectivity index (χ0v) is 8.22. The summed E-state index contributed by atoms with van der Waals surface area (Å²) in [6, 6.07) is 7.66. The maximum Gasteiger partial charge on any atom is 0.307 e. The van der Waals surface area contributed by atoms with Gasteiger partial charge < -0.3 is 9.90 Å². The van der Waals surface area contributed by atoms with Gasteiger partial charge in [0.2, 0.25) is 0 Å². The van der Waals surface area contributed by atoms with E-state index >= 15 is 0 Å². The largest absolute Gasteiger partial charge is 0.481 e. The van der Waals surface area contributed by atoms with E-state index in [0.717, 1.165) is 17.4 Å². The second-order valence-electron chi connectivity index (χ2n) is 3.86. The third-order valence-electron chi connectivity index (χ3n) is 3.05. The highest BCUT2D eigenvalue weighted by Crippen LogP contribution is 2.39. The number of carbonyl (C=O) groups is 2. The molecule has 0 radical (unpaired) electrons. The number of aliphatic carboxylic acids is 1. The lowest BCUT2D eigenvalue weighted by Crippen LogP contribution is -2.18. The third-order valence-corrected chi connectivity index (χ3v) is 3.05. The molecule has 0 bridgehead atoms. The molecule has 1 aromatic carbocycles. The smallest absolute Gasteiger partial charge is 0.307 e. The van der Waals surface area contributed by atoms with Crippen molar-refractivity contribution < 1.29 is 14.7 Å². The fourth-order valence-electron chi connectivity index (χ4n) is 2.33. The molecule has 0 aromatic heterocycles. The van der Waals surface area contributed by atoms with Crippen molar-refractivity contribution in [1.29, 1.82) is 0 Å². The van der Waals surface area contributed by atoms with E-state index in [0.29, 0.717) is 12.8 Å². The van der Waals surface area contributed by atoms with Crippen molar-refractivity contribution >= 4 is 12.3 Å². The minimum absolute atomic E-state index is 0.142. The predicted molar refractivity (Wildman–Crippen MR) is 54.7 cm³/mol. The first-order valence-corrected chi connectivity index (χ1v) is 4.98. The molecule has 2 unspecified atom stereocenters. The highest BCUT2D eigenvalue weighted by Gasteiger charge is 2.36. The van der Waals surface area contributed by atoms with Crippen molar-refractivity contribution in [2.24, 2.45) is 5.92 Å². The molecule has 2 rings (SSSR count). The SMILES string of the molecule is O=CCC1c2ccccc2CC1C(=O)O. The van der Waals surface area contributed by atoms with Gasteiger partial charge in [-0.3, -0.25) is 4.79 Å². The van der Waals surface area contributed by atoms with Crippen LogP contribution in [0.25, 0.3) is 0 Å². The first-order valence-electron chi connectivity index (χ1n) is 4.98. The maximum atomic E-state index is 11.0. The molecule has 1 aliphatic rings. The molecule has 3 heteroatoms. The average Bonchev–Trinajstić information content (AvgIpc) is 2.58. The number of hydrogen-bond acceptors (Lipinski definition) is 2. The van der Waals surface area contributed by atoms with Gasteiger partial charge in [0.15, 0.2) is 0 Å². The summed E-state index contributed by atoms with van der Waals surface area (Å²) in [4.78, 5) is 21.6. The van der Waals surface area contributed by atoms with Crippen LogP contribution >= 0.6 is 0 Å². The van der Waals surface area contributed by atoms with Gasteiger partial charge in [0.25, 0.3) is 0 Å². The first kappa shape index (κ1) is 9.90. The third kappa shape index (κ3) is 1.65. The van der Waals surface area contributed by atoms with Gasteiger partial charge in [-0.1, -0.05) is 24.3 Å². The summed E-state index contributed by atoms with van der Waals surface area (Å²) in [5.41, 5.74) is 2.09. The minimum Gasteiger partial charge on any atom is -0.481 e. The van der Waals surface area contributed by atoms with E-state index in [1.54, 1.807) is 0 Å². The Morgan fingerprint density at radius 1 is 1.47 bits per heavy atom. The zero-order chi connectivity index (χ0) is 10.8. The topological polar surface area (TPSA) is 54.4 Å². The van der Waals surface area contributed by atoms with E-state index in [2.05, 4.69) is 0 Å². The Kier molecular flexibility index (Phi) is 2.54. The Bertz CT molecular complexity index is 398. The molecule has 78 valence electrons. The van der Waals surface area contributed by atoms with Crippen LogP contribution in [-0.2, 0) is 16.0 Å². The summed E-state index contributed by atoms with van der Waals surface area (Å²) in [6.07, 6.45) is 1.65. The van der Waals surface area contributed by atoms with Gasteiger partial charge in [-0.05, 0) is 17.5 Å². The van der Waals surface area contributed by atoms with Gasteiger partial charge in [-0.2, -0.15) is 0 Å². The monoisotopic (exact) mass is 204 g/mol. The van der Waals surface area contributed by atoms with E-state index < -0.39 is 11.9 Å². The number of rotatable bonds is 3. The summed E-state index contributed by atoms with van der Waals surface area (Å²) in [6.45, 7) is 0. The van der Waals surface area contributed by atoms with Gasteiger partial charge in [0.05, 0.1) is 5.92 Å². The zero-order valence-electron chi connectivity index (χ0n) is 8.22. The van der Waals surface area contributed by atoms with Crippen LogP contribution in [0.1, 0.15) is 23.5 Å². The first-order chi connectivity index (χ1) is 7.24. The summed E-state index contributed by atoms with van der Waals surface area (Å²) in [5, 5.41) is 9.07. The lowest BCUT2D eigenvalue weighted by atomic mass is 9.90. The molecule has 0 heterocycles. The number of hydrogen-bond donors (Lipinski definition) is 1. The highest BCUT2D eigenvalue weighted by atomic mass is 16.4. The van der Waals surface area contributed by atoms with E-state index in [-0.39, 0.29) is 5.92 Å². The number of benzene rings is 1. The van der Waals surface area contributed by atoms with E-state index in [1.807, 2.05) is 24.3 Å². The standard InChI is InChI=1S/C12H12O3/c13-6-5-10-9-4-2-1-3-8(9)7-11(10)12(14)15/h1-4,6,10-11H,5,7H2,(H,14,15). The molecule has 0 spiro atoms. The van der Waals surface area contributed by atoms with Crippen LogP contribution in [0.15, 0.2) is 24.3 Å². The molecule has 0 amide bonds. The second-order valence-corrected chi connectivity index (χ2v) is 3.86. The molecule has 1 aliphatic carbocycles. The van der Waals surface area contributed by atoms with Gasteiger partial charge in [-0.25, -0.2) is 0 Å². The van der Waals surface area contributed by atoms with Crippen molar-refractivity contribution in [1.82, 2.24) is 0 Å². The highest BCUT2D eigenvalue weighted by molar-refractivity contribution is 5.74. The Morgan fingerprint density at radius 2 is 2.20 bits per heavy atom. The molecule has 15 heavy (non-hydrogen) atoms. The molecular weight excluding hydrogens is 192 g/mol. The Labute approximate surface area is 87.7 Å². The van der Waals surface area contributed by atoms with Gasteiger partial charge in [-0.15, -0.1) is 0 Å². The maximum absolute atomic E-state index is 11.0. The summed E-state index contributed by atoms with van der Waals surface area (Å²) in [5.74, 6) is -1.39. The Morgan fingerprint density at radius 3 is 2.87 bits per heavy atom. The van der Waals surface area contributed by atoms with Crippen LogP contribution in [0.2, 0.25) is 0 Å². The number of carboxylic acids is 1. The second kappa shape index (κ2) is 3.85. The number of aldehydes is 1. The molecule has 0 saturated carbocycles. The quantitative estimate of drug-likeness (QED) is 0.761. The van der Waals surface area contributed by atoms with Crippen LogP contribution in [0, 0.1) is 5.92 Å². The van der Waals surface area contributed by atoms with Crippen LogP contribution in [0.3, 0.4) is 0 Å². The van der Waals surface area contributed by atoms with E-state index in [4.69, 9.17) is 5.11 Å². The van der Waals surface area contributed by atoms with Crippen molar-refractivity contribution in [3.05, 3.63) is 35.4 Å². The van der Waals surface area contributed by atoms with Crippen molar-refractivity contribution in [2.75, 3.05) is 0 Å². The van der Waals surface area contributed by atoms with Crippen LogP contribution in [-0.4, -0.2) is 17.4 Å². The fraction of sp³-hybridized carbons (Fsp3) is 0.333. The molecule has 1 N–H and O–H groups in total. The van der Waals surface area contributed by atoms with Crippen LogP contribution < -0.4 is 0 Å². The lowest BCUT2D eigenvalue weighted by Gasteiger charge is -2.13. The van der Waals surface area contributed by atoms with Crippen LogP contribution in [0.5, 0.6) is 0 Å². The lowest BCUT2D eigenvalue weighted by molar-refractivity contribution is -0.142. The molecular formula is C12H12O3.